The van der Waals surface area contributed by atoms with Gasteiger partial charge >= 0.3 is 0 Å². The van der Waals surface area contributed by atoms with Crippen LogP contribution in [0.3, 0.4) is 0 Å². The number of fused-ring (bicyclic) bond motifs is 1. The molecule has 0 aromatic carbocycles. The Morgan fingerprint density at radius 1 is 1.67 bits per heavy atom. The molecule has 1 aromatic heterocycles. The molecule has 3 nitrogen and oxygen atoms in total. The van der Waals surface area contributed by atoms with E-state index in [2.05, 4.69) is 16.3 Å². The summed E-state index contributed by atoms with van der Waals surface area (Å²) in [5, 5.41) is 11.8. The topological polar surface area (TPSA) is 32.7 Å². The number of hydrogen-bond acceptors (Lipinski definition) is 4. The molecule has 1 unspecified atom stereocenters. The van der Waals surface area contributed by atoms with Crippen molar-refractivity contribution in [2.45, 2.75) is 19.1 Å². The minimum atomic E-state index is -0.366. The van der Waals surface area contributed by atoms with Crippen molar-refractivity contribution in [1.29, 1.82) is 0 Å². The second-order valence-corrected chi connectivity index (χ2v) is 4.96. The number of rotatable bonds is 4. The largest absolute Gasteiger partial charge is 0.389 e. The summed E-state index contributed by atoms with van der Waals surface area (Å²) in [6.45, 7) is 3.16. The molecule has 0 bridgehead atoms. The average Bonchev–Trinajstić information content (AvgIpc) is 2.65. The molecule has 1 N–H and O–H groups in total. The molecule has 1 aromatic rings. The first-order valence-corrected chi connectivity index (χ1v) is 6.12. The van der Waals surface area contributed by atoms with E-state index >= 15 is 0 Å². The third-order valence-corrected chi connectivity index (χ3v) is 3.74. The monoisotopic (exact) mass is 227 g/mol. The number of thiophene rings is 1. The minimum Gasteiger partial charge on any atom is -0.389 e. The number of β-amino-alcohol motifs (C(OH)–C–C–N with tert-alkyl or cyclic N) is 1. The van der Waals surface area contributed by atoms with E-state index in [9.17, 15) is 5.11 Å². The lowest BCUT2D eigenvalue weighted by atomic mass is 10.1. The van der Waals surface area contributed by atoms with Gasteiger partial charge in [0.05, 0.1) is 12.7 Å². The van der Waals surface area contributed by atoms with Crippen molar-refractivity contribution in [3.8, 4) is 0 Å². The van der Waals surface area contributed by atoms with E-state index < -0.39 is 0 Å². The van der Waals surface area contributed by atoms with Gasteiger partial charge in [0.2, 0.25) is 0 Å². The molecule has 0 saturated carbocycles. The van der Waals surface area contributed by atoms with E-state index in [0.29, 0.717) is 13.2 Å². The number of hydrogen-bond donors (Lipinski definition) is 1. The van der Waals surface area contributed by atoms with Crippen molar-refractivity contribution in [2.24, 2.45) is 0 Å². The van der Waals surface area contributed by atoms with Gasteiger partial charge < -0.3 is 9.84 Å². The lowest BCUT2D eigenvalue weighted by Gasteiger charge is -2.28. The van der Waals surface area contributed by atoms with Crippen LogP contribution >= 0.6 is 11.3 Å². The van der Waals surface area contributed by atoms with Crippen molar-refractivity contribution >= 4 is 11.3 Å². The van der Waals surface area contributed by atoms with Crippen LogP contribution < -0.4 is 0 Å². The Morgan fingerprint density at radius 3 is 3.33 bits per heavy atom. The Balaban J connectivity index is 1.87. The van der Waals surface area contributed by atoms with Gasteiger partial charge in [0.15, 0.2) is 0 Å². The van der Waals surface area contributed by atoms with Crippen molar-refractivity contribution in [2.75, 3.05) is 26.8 Å². The predicted octanol–water partition coefficient (Wildman–Crippen LogP) is 1.11. The maximum atomic E-state index is 9.64. The Morgan fingerprint density at radius 2 is 2.53 bits per heavy atom. The molecule has 0 radical (unpaired) electrons. The number of aliphatic hydroxyl groups is 1. The van der Waals surface area contributed by atoms with Gasteiger partial charge in [-0.15, -0.1) is 11.3 Å². The first kappa shape index (κ1) is 11.1. The van der Waals surface area contributed by atoms with Crippen LogP contribution in [0.15, 0.2) is 11.4 Å². The predicted molar refractivity (Wildman–Crippen MR) is 61.2 cm³/mol. The summed E-state index contributed by atoms with van der Waals surface area (Å²) in [5.41, 5.74) is 1.43. The fourth-order valence-electron chi connectivity index (χ4n) is 2.01. The zero-order valence-corrected chi connectivity index (χ0v) is 9.80. The third kappa shape index (κ3) is 2.78. The molecule has 0 amide bonds. The molecule has 1 aliphatic rings. The molecule has 0 spiro atoms. The van der Waals surface area contributed by atoms with E-state index in [1.807, 2.05) is 11.3 Å². The Bertz CT molecular complexity index is 313. The summed E-state index contributed by atoms with van der Waals surface area (Å²) in [6, 6.07) is 2.19. The molecule has 0 fully saturated rings. The summed E-state index contributed by atoms with van der Waals surface area (Å²) < 4.78 is 4.93. The van der Waals surface area contributed by atoms with Gasteiger partial charge in [-0.2, -0.15) is 0 Å². The van der Waals surface area contributed by atoms with Crippen LogP contribution in [-0.4, -0.2) is 42.9 Å². The van der Waals surface area contributed by atoms with Crippen LogP contribution in [-0.2, 0) is 17.7 Å². The van der Waals surface area contributed by atoms with Gasteiger partial charge in [0.1, 0.15) is 0 Å². The van der Waals surface area contributed by atoms with Crippen LogP contribution in [0.25, 0.3) is 0 Å². The van der Waals surface area contributed by atoms with Gasteiger partial charge in [0.25, 0.3) is 0 Å². The van der Waals surface area contributed by atoms with E-state index in [1.54, 1.807) is 7.11 Å². The SMILES string of the molecule is COCC(O)CN1CCc2sccc2C1. The molecule has 2 rings (SSSR count). The van der Waals surface area contributed by atoms with E-state index in [0.717, 1.165) is 19.5 Å². The lowest BCUT2D eigenvalue weighted by Crippen LogP contribution is -2.37. The maximum Gasteiger partial charge on any atom is 0.0900 e. The molecule has 84 valence electrons. The van der Waals surface area contributed by atoms with Crippen LogP contribution in [0.2, 0.25) is 0 Å². The van der Waals surface area contributed by atoms with Crippen LogP contribution in [0.5, 0.6) is 0 Å². The summed E-state index contributed by atoms with van der Waals surface area (Å²) in [7, 11) is 1.62. The fourth-order valence-corrected chi connectivity index (χ4v) is 2.90. The highest BCUT2D eigenvalue weighted by Crippen LogP contribution is 2.23. The summed E-state index contributed by atoms with van der Waals surface area (Å²) in [5.74, 6) is 0. The summed E-state index contributed by atoms with van der Waals surface area (Å²) in [4.78, 5) is 3.80. The quantitative estimate of drug-likeness (QED) is 0.836. The number of aliphatic hydroxyl groups excluding tert-OH is 1. The molecule has 1 atom stereocenters. The smallest absolute Gasteiger partial charge is 0.0900 e. The normalized spacial score (nSPS) is 18.8. The van der Waals surface area contributed by atoms with E-state index in [-0.39, 0.29) is 6.10 Å². The summed E-state index contributed by atoms with van der Waals surface area (Å²) >= 11 is 1.84. The summed E-state index contributed by atoms with van der Waals surface area (Å²) in [6.07, 6.45) is 0.752. The molecule has 0 saturated heterocycles. The van der Waals surface area contributed by atoms with Gasteiger partial charge in [0, 0.05) is 31.6 Å². The molecule has 4 heteroatoms. The van der Waals surface area contributed by atoms with Gasteiger partial charge in [-0.3, -0.25) is 4.90 Å². The molecule has 15 heavy (non-hydrogen) atoms. The average molecular weight is 227 g/mol. The van der Waals surface area contributed by atoms with E-state index in [4.69, 9.17) is 4.74 Å². The highest BCUT2D eigenvalue weighted by molar-refractivity contribution is 7.10. The minimum absolute atomic E-state index is 0.366. The van der Waals surface area contributed by atoms with Crippen molar-refractivity contribution in [1.82, 2.24) is 4.90 Å². The highest BCUT2D eigenvalue weighted by Gasteiger charge is 2.19. The number of nitrogens with zero attached hydrogens (tertiary/aromatic N) is 1. The Hall–Kier alpha value is -0.420. The third-order valence-electron chi connectivity index (χ3n) is 2.71. The highest BCUT2D eigenvalue weighted by atomic mass is 32.1. The zero-order valence-electron chi connectivity index (χ0n) is 8.98. The van der Waals surface area contributed by atoms with Crippen LogP contribution in [0, 0.1) is 0 Å². The lowest BCUT2D eigenvalue weighted by molar-refractivity contribution is 0.0348. The van der Waals surface area contributed by atoms with Crippen molar-refractivity contribution in [3.63, 3.8) is 0 Å². The van der Waals surface area contributed by atoms with Crippen molar-refractivity contribution < 1.29 is 9.84 Å². The zero-order chi connectivity index (χ0) is 10.7. The van der Waals surface area contributed by atoms with Gasteiger partial charge in [-0.05, 0) is 23.4 Å². The Labute approximate surface area is 94.3 Å². The maximum absolute atomic E-state index is 9.64. The Kier molecular flexibility index (Phi) is 3.75. The standard InChI is InChI=1S/C11H17NO2S/c1-14-8-10(13)7-12-4-2-11-9(6-12)3-5-15-11/h3,5,10,13H,2,4,6-8H2,1H3. The van der Waals surface area contributed by atoms with Gasteiger partial charge in [-0.25, -0.2) is 0 Å². The molecule has 2 heterocycles. The second kappa shape index (κ2) is 5.07. The van der Waals surface area contributed by atoms with Crippen LogP contribution in [0.1, 0.15) is 10.4 Å². The molecular formula is C11H17NO2S. The van der Waals surface area contributed by atoms with Gasteiger partial charge in [-0.1, -0.05) is 0 Å². The second-order valence-electron chi connectivity index (χ2n) is 3.96. The van der Waals surface area contributed by atoms with Crippen molar-refractivity contribution in [3.05, 3.63) is 21.9 Å². The first-order valence-electron chi connectivity index (χ1n) is 5.24. The molecule has 1 aliphatic heterocycles. The molecule has 0 aliphatic carbocycles. The van der Waals surface area contributed by atoms with E-state index in [1.165, 1.54) is 10.4 Å². The number of methoxy groups -OCH3 is 1. The fraction of sp³-hybridized carbons (Fsp3) is 0.636. The first-order chi connectivity index (χ1) is 7.29. The van der Waals surface area contributed by atoms with Crippen LogP contribution in [0.4, 0.5) is 0 Å². The molecular weight excluding hydrogens is 210 g/mol. The number of ether oxygens (including phenoxy) is 1.